The number of hydrogen-bond donors (Lipinski definition) is 1. The van der Waals surface area contributed by atoms with Gasteiger partial charge in [-0.2, -0.15) is 0 Å². The third-order valence-corrected chi connectivity index (χ3v) is 4.94. The summed E-state index contributed by atoms with van der Waals surface area (Å²) in [6.07, 6.45) is 2.16. The second-order valence-corrected chi connectivity index (χ2v) is 6.65. The van der Waals surface area contributed by atoms with E-state index in [4.69, 9.17) is 4.74 Å². The maximum absolute atomic E-state index is 13.7. The van der Waals surface area contributed by atoms with E-state index >= 15 is 0 Å². The van der Waals surface area contributed by atoms with Crippen molar-refractivity contribution in [1.29, 1.82) is 0 Å². The summed E-state index contributed by atoms with van der Waals surface area (Å²) in [5.74, 6) is -0.843. The number of benzene rings is 1. The molecule has 0 spiro atoms. The highest BCUT2D eigenvalue weighted by Gasteiger charge is 2.38. The molecule has 0 aliphatic heterocycles. The summed E-state index contributed by atoms with van der Waals surface area (Å²) in [6.45, 7) is 6.55. The van der Waals surface area contributed by atoms with Gasteiger partial charge in [0.15, 0.2) is 11.6 Å². The predicted molar refractivity (Wildman–Crippen MR) is 78.2 cm³/mol. The fourth-order valence-corrected chi connectivity index (χ4v) is 2.97. The Hall–Kier alpha value is -1.16. The van der Waals surface area contributed by atoms with Crippen molar-refractivity contribution in [2.45, 2.75) is 58.7 Å². The van der Waals surface area contributed by atoms with Crippen LogP contribution in [0.5, 0.6) is 5.75 Å². The fraction of sp³-hybridized carbons (Fsp3) is 0.647. The zero-order valence-electron chi connectivity index (χ0n) is 12.9. The van der Waals surface area contributed by atoms with Gasteiger partial charge in [-0.05, 0) is 42.7 Å². The first-order valence-electron chi connectivity index (χ1n) is 7.63. The molecule has 2 nitrogen and oxygen atoms in total. The topological polar surface area (TPSA) is 29.5 Å². The van der Waals surface area contributed by atoms with Gasteiger partial charge in [0.1, 0.15) is 11.9 Å². The molecule has 1 N–H and O–H groups in total. The minimum absolute atomic E-state index is 0.117. The SMILES string of the molecule is CCC(C)(C)C1CCC(O)C(Oc2cc(F)ccc2F)C1. The number of rotatable bonds is 4. The van der Waals surface area contributed by atoms with Crippen LogP contribution in [0, 0.1) is 23.0 Å². The first-order valence-corrected chi connectivity index (χ1v) is 7.63. The summed E-state index contributed by atoms with van der Waals surface area (Å²) in [4.78, 5) is 0. The maximum Gasteiger partial charge on any atom is 0.165 e. The van der Waals surface area contributed by atoms with E-state index in [9.17, 15) is 13.9 Å². The van der Waals surface area contributed by atoms with Gasteiger partial charge >= 0.3 is 0 Å². The molecule has 1 fully saturated rings. The van der Waals surface area contributed by atoms with Crippen LogP contribution < -0.4 is 4.74 Å². The van der Waals surface area contributed by atoms with Gasteiger partial charge in [-0.25, -0.2) is 8.78 Å². The van der Waals surface area contributed by atoms with E-state index < -0.39 is 23.8 Å². The van der Waals surface area contributed by atoms with Crippen LogP contribution in [0.15, 0.2) is 18.2 Å². The number of aliphatic hydroxyl groups excluding tert-OH is 1. The lowest BCUT2D eigenvalue weighted by atomic mass is 9.68. The standard InChI is InChI=1S/C17H24F2O2/c1-4-17(2,3)11-5-8-14(20)16(9-11)21-15-10-12(18)6-7-13(15)19/h6-7,10-11,14,16,20H,4-5,8-9H2,1-3H3. The molecule has 0 amide bonds. The van der Waals surface area contributed by atoms with E-state index in [2.05, 4.69) is 20.8 Å². The van der Waals surface area contributed by atoms with Crippen LogP contribution in [0.3, 0.4) is 0 Å². The fourth-order valence-electron chi connectivity index (χ4n) is 2.97. The average Bonchev–Trinajstić information content (AvgIpc) is 2.45. The lowest BCUT2D eigenvalue weighted by molar-refractivity contribution is -0.0348. The molecule has 0 saturated heterocycles. The van der Waals surface area contributed by atoms with Crippen LogP contribution >= 0.6 is 0 Å². The minimum Gasteiger partial charge on any atom is -0.485 e. The lowest BCUT2D eigenvalue weighted by Crippen LogP contribution is -2.42. The molecule has 0 heterocycles. The quantitative estimate of drug-likeness (QED) is 0.897. The molecule has 21 heavy (non-hydrogen) atoms. The van der Waals surface area contributed by atoms with E-state index in [1.165, 1.54) is 0 Å². The van der Waals surface area contributed by atoms with E-state index in [1.54, 1.807) is 0 Å². The van der Waals surface area contributed by atoms with E-state index in [0.29, 0.717) is 18.8 Å². The van der Waals surface area contributed by atoms with Crippen LogP contribution in [-0.2, 0) is 0 Å². The predicted octanol–water partition coefficient (Wildman–Crippen LogP) is 4.31. The van der Waals surface area contributed by atoms with E-state index in [0.717, 1.165) is 31.0 Å². The zero-order chi connectivity index (χ0) is 15.6. The molecule has 1 aliphatic rings. The summed E-state index contributed by atoms with van der Waals surface area (Å²) >= 11 is 0. The molecule has 0 aromatic heterocycles. The summed E-state index contributed by atoms with van der Waals surface area (Å²) in [5, 5.41) is 10.1. The Balaban J connectivity index is 2.12. The third kappa shape index (κ3) is 3.73. The second kappa shape index (κ2) is 6.30. The number of hydrogen-bond acceptors (Lipinski definition) is 2. The Bertz CT molecular complexity index is 488. The van der Waals surface area contributed by atoms with Crippen molar-refractivity contribution in [1.82, 2.24) is 0 Å². The first kappa shape index (κ1) is 16.2. The second-order valence-electron chi connectivity index (χ2n) is 6.65. The van der Waals surface area contributed by atoms with Crippen LogP contribution in [-0.4, -0.2) is 17.3 Å². The summed E-state index contributed by atoms with van der Waals surface area (Å²) in [6, 6.07) is 3.15. The third-order valence-electron chi connectivity index (χ3n) is 4.94. The van der Waals surface area contributed by atoms with Crippen LogP contribution in [0.25, 0.3) is 0 Å². The normalized spacial score (nSPS) is 26.7. The van der Waals surface area contributed by atoms with Gasteiger partial charge in [0, 0.05) is 6.07 Å². The van der Waals surface area contributed by atoms with Crippen molar-refractivity contribution in [2.75, 3.05) is 0 Å². The Labute approximate surface area is 125 Å². The van der Waals surface area contributed by atoms with Crippen LogP contribution in [0.4, 0.5) is 8.78 Å². The number of halogens is 2. The molecular formula is C17H24F2O2. The molecule has 1 saturated carbocycles. The molecular weight excluding hydrogens is 274 g/mol. The first-order chi connectivity index (χ1) is 9.83. The monoisotopic (exact) mass is 298 g/mol. The number of aliphatic hydroxyl groups is 1. The van der Waals surface area contributed by atoms with Crippen molar-refractivity contribution < 1.29 is 18.6 Å². The molecule has 1 aliphatic carbocycles. The highest BCUT2D eigenvalue weighted by atomic mass is 19.1. The van der Waals surface area contributed by atoms with Crippen molar-refractivity contribution >= 4 is 0 Å². The van der Waals surface area contributed by atoms with Gasteiger partial charge in [-0.1, -0.05) is 27.2 Å². The molecule has 3 unspecified atom stereocenters. The summed E-state index contributed by atoms with van der Waals surface area (Å²) in [5.41, 5.74) is 0.155. The lowest BCUT2D eigenvalue weighted by Gasteiger charge is -2.41. The molecule has 1 aromatic carbocycles. The van der Waals surface area contributed by atoms with Gasteiger partial charge in [0.05, 0.1) is 6.10 Å². The van der Waals surface area contributed by atoms with Crippen molar-refractivity contribution in [3.63, 3.8) is 0 Å². The molecule has 0 bridgehead atoms. The molecule has 3 atom stereocenters. The Morgan fingerprint density at radius 2 is 2.00 bits per heavy atom. The molecule has 0 radical (unpaired) electrons. The Kier molecular flexibility index (Phi) is 4.87. The van der Waals surface area contributed by atoms with Crippen molar-refractivity contribution in [2.24, 2.45) is 11.3 Å². The highest BCUT2D eigenvalue weighted by molar-refractivity contribution is 5.25. The van der Waals surface area contributed by atoms with Crippen LogP contribution in [0.2, 0.25) is 0 Å². The highest BCUT2D eigenvalue weighted by Crippen LogP contribution is 2.41. The molecule has 4 heteroatoms. The van der Waals surface area contributed by atoms with Gasteiger partial charge in [-0.15, -0.1) is 0 Å². The van der Waals surface area contributed by atoms with Gasteiger partial charge < -0.3 is 9.84 Å². The summed E-state index contributed by atoms with van der Waals surface area (Å²) in [7, 11) is 0. The Morgan fingerprint density at radius 3 is 2.67 bits per heavy atom. The van der Waals surface area contributed by atoms with Gasteiger partial charge in [0.2, 0.25) is 0 Å². The minimum atomic E-state index is -0.628. The van der Waals surface area contributed by atoms with Gasteiger partial charge in [-0.3, -0.25) is 0 Å². The van der Waals surface area contributed by atoms with Gasteiger partial charge in [0.25, 0.3) is 0 Å². The number of ether oxygens (including phenoxy) is 1. The summed E-state index contributed by atoms with van der Waals surface area (Å²) < 4.78 is 32.5. The molecule has 1 aromatic rings. The Morgan fingerprint density at radius 1 is 1.29 bits per heavy atom. The zero-order valence-corrected chi connectivity index (χ0v) is 12.9. The molecule has 2 rings (SSSR count). The van der Waals surface area contributed by atoms with Crippen LogP contribution in [0.1, 0.15) is 46.5 Å². The van der Waals surface area contributed by atoms with E-state index in [-0.39, 0.29) is 11.2 Å². The largest absolute Gasteiger partial charge is 0.485 e. The average molecular weight is 298 g/mol. The maximum atomic E-state index is 13.7. The van der Waals surface area contributed by atoms with Crippen molar-refractivity contribution in [3.05, 3.63) is 29.8 Å². The molecule has 118 valence electrons. The van der Waals surface area contributed by atoms with E-state index in [1.807, 2.05) is 0 Å². The smallest absolute Gasteiger partial charge is 0.165 e. The van der Waals surface area contributed by atoms with Crippen molar-refractivity contribution in [3.8, 4) is 5.75 Å².